The molecule has 7 aromatic carbocycles. The highest BCUT2D eigenvalue weighted by Crippen LogP contribution is 2.36. The molecule has 0 bridgehead atoms. The molecule has 0 unspecified atom stereocenters. The van der Waals surface area contributed by atoms with Crippen LogP contribution >= 0.6 is 0 Å². The van der Waals surface area contributed by atoms with E-state index in [1.807, 2.05) is 48.5 Å². The SMILES string of the molecule is [C-]#[N+]c1ccc2c(c1)c1cc(C#N)ccc1n2-c1ccc(C#N)c(-c2cccc([Si](c3ccccc3)(c3ccccc3)c3ccccc3)c2)c1. The highest BCUT2D eigenvalue weighted by atomic mass is 28.3. The molecule has 232 valence electrons. The first kappa shape index (κ1) is 30.4. The molecular formula is C45H28N4Si. The van der Waals surface area contributed by atoms with Crippen molar-refractivity contribution >= 4 is 56.3 Å². The van der Waals surface area contributed by atoms with Gasteiger partial charge in [0.25, 0.3) is 0 Å². The Morgan fingerprint density at radius 3 is 1.68 bits per heavy atom. The molecule has 0 saturated heterocycles. The number of rotatable bonds is 6. The van der Waals surface area contributed by atoms with E-state index in [4.69, 9.17) is 6.57 Å². The van der Waals surface area contributed by atoms with Crippen LogP contribution in [-0.4, -0.2) is 12.6 Å². The Kier molecular flexibility index (Phi) is 7.63. The lowest BCUT2D eigenvalue weighted by atomic mass is 9.99. The van der Waals surface area contributed by atoms with E-state index in [9.17, 15) is 10.5 Å². The van der Waals surface area contributed by atoms with Crippen LogP contribution in [0.25, 0.3) is 43.5 Å². The lowest BCUT2D eigenvalue weighted by Crippen LogP contribution is -2.74. The number of hydrogen-bond donors (Lipinski definition) is 0. The second-order valence-electron chi connectivity index (χ2n) is 12.3. The topological polar surface area (TPSA) is 56.9 Å². The van der Waals surface area contributed by atoms with E-state index in [0.29, 0.717) is 16.8 Å². The molecular weight excluding hydrogens is 625 g/mol. The number of fused-ring (bicyclic) bond motifs is 3. The summed E-state index contributed by atoms with van der Waals surface area (Å²) >= 11 is 0. The third kappa shape index (κ3) is 4.88. The Morgan fingerprint density at radius 2 is 1.10 bits per heavy atom. The smallest absolute Gasteiger partial charge is 0.188 e. The molecule has 1 aromatic heterocycles. The number of nitrogens with zero attached hydrogens (tertiary/aromatic N) is 4. The molecule has 5 heteroatoms. The maximum Gasteiger partial charge on any atom is 0.188 e. The Morgan fingerprint density at radius 1 is 0.520 bits per heavy atom. The van der Waals surface area contributed by atoms with Gasteiger partial charge in [0.2, 0.25) is 0 Å². The van der Waals surface area contributed by atoms with Gasteiger partial charge < -0.3 is 4.57 Å². The first-order valence-electron chi connectivity index (χ1n) is 16.3. The largest absolute Gasteiger partial charge is 0.309 e. The van der Waals surface area contributed by atoms with E-state index in [2.05, 4.69) is 143 Å². The second-order valence-corrected chi connectivity index (χ2v) is 16.1. The fraction of sp³-hybridized carbons (Fsp3) is 0. The third-order valence-electron chi connectivity index (χ3n) is 9.62. The van der Waals surface area contributed by atoms with Crippen molar-refractivity contribution in [3.05, 3.63) is 192 Å². The van der Waals surface area contributed by atoms with Crippen molar-refractivity contribution in [2.24, 2.45) is 0 Å². The van der Waals surface area contributed by atoms with Gasteiger partial charge in [0.05, 0.1) is 40.9 Å². The Bertz CT molecular complexity index is 2510. The fourth-order valence-electron chi connectivity index (χ4n) is 7.42. The highest BCUT2D eigenvalue weighted by molar-refractivity contribution is 7.19. The highest BCUT2D eigenvalue weighted by Gasteiger charge is 2.41. The second kappa shape index (κ2) is 12.6. The first-order chi connectivity index (χ1) is 24.6. The molecule has 0 aliphatic rings. The average molecular weight is 653 g/mol. The third-order valence-corrected chi connectivity index (χ3v) is 14.4. The fourth-order valence-corrected chi connectivity index (χ4v) is 12.2. The summed E-state index contributed by atoms with van der Waals surface area (Å²) in [5, 5.41) is 27.0. The summed E-state index contributed by atoms with van der Waals surface area (Å²) in [6.07, 6.45) is 0. The van der Waals surface area contributed by atoms with Crippen molar-refractivity contribution < 1.29 is 0 Å². The van der Waals surface area contributed by atoms with Crippen LogP contribution in [-0.2, 0) is 0 Å². The van der Waals surface area contributed by atoms with E-state index in [0.717, 1.165) is 38.6 Å². The summed E-state index contributed by atoms with van der Waals surface area (Å²) < 4.78 is 2.16. The van der Waals surface area contributed by atoms with Crippen molar-refractivity contribution in [3.63, 3.8) is 0 Å². The van der Waals surface area contributed by atoms with Gasteiger partial charge in [0.1, 0.15) is 0 Å². The number of nitriles is 2. The van der Waals surface area contributed by atoms with Gasteiger partial charge in [0, 0.05) is 16.6 Å². The van der Waals surface area contributed by atoms with Gasteiger partial charge in [-0.2, -0.15) is 10.5 Å². The quantitative estimate of drug-likeness (QED) is 0.104. The maximum atomic E-state index is 10.4. The van der Waals surface area contributed by atoms with E-state index >= 15 is 0 Å². The van der Waals surface area contributed by atoms with Gasteiger partial charge >= 0.3 is 0 Å². The average Bonchev–Trinajstić information content (AvgIpc) is 3.52. The van der Waals surface area contributed by atoms with Gasteiger partial charge in [0.15, 0.2) is 13.8 Å². The number of benzene rings is 7. The van der Waals surface area contributed by atoms with Crippen molar-refractivity contribution in [1.82, 2.24) is 4.57 Å². The molecule has 0 N–H and O–H groups in total. The zero-order valence-corrected chi connectivity index (χ0v) is 28.0. The van der Waals surface area contributed by atoms with Crippen LogP contribution in [0.4, 0.5) is 5.69 Å². The molecule has 0 amide bonds. The van der Waals surface area contributed by atoms with Crippen LogP contribution < -0.4 is 20.7 Å². The summed E-state index contributed by atoms with van der Waals surface area (Å²) in [6.45, 7) is 7.61. The molecule has 50 heavy (non-hydrogen) atoms. The Balaban J connectivity index is 1.38. The monoisotopic (exact) mass is 652 g/mol. The minimum absolute atomic E-state index is 0.541. The molecule has 0 atom stereocenters. The van der Waals surface area contributed by atoms with Crippen molar-refractivity contribution in [1.29, 1.82) is 10.5 Å². The van der Waals surface area contributed by atoms with Crippen LogP contribution in [0.15, 0.2) is 170 Å². The van der Waals surface area contributed by atoms with Crippen LogP contribution in [0, 0.1) is 29.2 Å². The van der Waals surface area contributed by atoms with Gasteiger partial charge in [-0.25, -0.2) is 4.85 Å². The van der Waals surface area contributed by atoms with Gasteiger partial charge in [-0.1, -0.05) is 121 Å². The zero-order chi connectivity index (χ0) is 34.1. The predicted molar refractivity (Wildman–Crippen MR) is 206 cm³/mol. The molecule has 1 heterocycles. The lowest BCUT2D eigenvalue weighted by Gasteiger charge is -2.34. The predicted octanol–water partition coefficient (Wildman–Crippen LogP) is 8.12. The van der Waals surface area contributed by atoms with Gasteiger partial charge in [-0.15, -0.1) is 0 Å². The summed E-state index contributed by atoms with van der Waals surface area (Å²) in [5.74, 6) is 0. The molecule has 0 saturated carbocycles. The molecule has 8 aromatic rings. The summed E-state index contributed by atoms with van der Waals surface area (Å²) in [6, 6.07) is 63.2. The van der Waals surface area contributed by atoms with E-state index < -0.39 is 8.07 Å². The molecule has 0 spiro atoms. The van der Waals surface area contributed by atoms with Crippen molar-refractivity contribution in [2.75, 3.05) is 0 Å². The van der Waals surface area contributed by atoms with Crippen LogP contribution in [0.2, 0.25) is 0 Å². The standard InChI is InChI=1S/C45H28N4Si/c1-48-35-22-25-45-43(28-35)42-26-32(30-46)20-24-44(42)49(45)36-23-21-34(31-47)41(29-36)33-12-11-19-40(27-33)50(37-13-5-2-6-14-37,38-15-7-3-8-16-38)39-17-9-4-10-18-39/h2-29H. The van der Waals surface area contributed by atoms with Crippen molar-refractivity contribution in [3.8, 4) is 29.0 Å². The van der Waals surface area contributed by atoms with Crippen molar-refractivity contribution in [2.45, 2.75) is 0 Å². The van der Waals surface area contributed by atoms with Crippen LogP contribution in [0.5, 0.6) is 0 Å². The minimum atomic E-state index is -2.79. The zero-order valence-electron chi connectivity index (χ0n) is 27.0. The Hall–Kier alpha value is -6.97. The van der Waals surface area contributed by atoms with Gasteiger partial charge in [-0.05, 0) is 80.2 Å². The molecule has 0 fully saturated rings. The van der Waals surface area contributed by atoms with Crippen LogP contribution in [0.1, 0.15) is 11.1 Å². The summed E-state index contributed by atoms with van der Waals surface area (Å²) in [5.41, 5.74) is 6.23. The normalized spacial score (nSPS) is 11.1. The lowest BCUT2D eigenvalue weighted by molar-refractivity contribution is 1.18. The van der Waals surface area contributed by atoms with E-state index in [1.165, 1.54) is 20.7 Å². The van der Waals surface area contributed by atoms with Crippen LogP contribution in [0.3, 0.4) is 0 Å². The molecule has 0 aliphatic heterocycles. The number of aromatic nitrogens is 1. The van der Waals surface area contributed by atoms with E-state index in [1.54, 1.807) is 0 Å². The maximum absolute atomic E-state index is 10.4. The molecule has 0 aliphatic carbocycles. The summed E-state index contributed by atoms with van der Waals surface area (Å²) in [7, 11) is -2.79. The van der Waals surface area contributed by atoms with Gasteiger partial charge in [-0.3, -0.25) is 0 Å². The van der Waals surface area contributed by atoms with E-state index in [-0.39, 0.29) is 0 Å². The summed E-state index contributed by atoms with van der Waals surface area (Å²) in [4.78, 5) is 3.67. The molecule has 0 radical (unpaired) electrons. The Labute approximate surface area is 291 Å². The molecule has 8 rings (SSSR count). The first-order valence-corrected chi connectivity index (χ1v) is 18.3. The molecule has 4 nitrogen and oxygen atoms in total. The minimum Gasteiger partial charge on any atom is -0.309 e. The number of hydrogen-bond acceptors (Lipinski definition) is 2.